The zero-order valence-corrected chi connectivity index (χ0v) is 11.1. The number of hydrogen-bond donors (Lipinski definition) is 1. The second-order valence-corrected chi connectivity index (χ2v) is 4.88. The van der Waals surface area contributed by atoms with E-state index in [1.165, 1.54) is 13.0 Å². The van der Waals surface area contributed by atoms with Gasteiger partial charge >= 0.3 is 0 Å². The lowest BCUT2D eigenvalue weighted by atomic mass is 9.99. The first-order valence-corrected chi connectivity index (χ1v) is 6.24. The summed E-state index contributed by atoms with van der Waals surface area (Å²) in [5.41, 5.74) is 0.738. The lowest BCUT2D eigenvalue weighted by molar-refractivity contribution is 0.168. The van der Waals surface area contributed by atoms with Crippen molar-refractivity contribution in [2.45, 2.75) is 19.4 Å². The first kappa shape index (κ1) is 14.0. The van der Waals surface area contributed by atoms with Gasteiger partial charge in [0.25, 0.3) is 0 Å². The number of aryl methyl sites for hydroxylation is 1. The molecule has 100 valence electrons. The molecule has 1 nitrogen and oxygen atoms in total. The summed E-state index contributed by atoms with van der Waals surface area (Å²) in [6.07, 6.45) is -1.13. The van der Waals surface area contributed by atoms with Crippen LogP contribution in [0.4, 0.5) is 8.78 Å². The van der Waals surface area contributed by atoms with Crippen LogP contribution in [0.25, 0.3) is 0 Å². The molecule has 0 bridgehead atoms. The summed E-state index contributed by atoms with van der Waals surface area (Å²) in [4.78, 5) is 0. The maximum Gasteiger partial charge on any atom is 0.134 e. The van der Waals surface area contributed by atoms with Gasteiger partial charge in [-0.15, -0.1) is 0 Å². The first-order valence-electron chi connectivity index (χ1n) is 5.86. The molecule has 0 spiro atoms. The highest BCUT2D eigenvalue weighted by Crippen LogP contribution is 2.26. The molecule has 1 unspecified atom stereocenters. The van der Waals surface area contributed by atoms with Crippen LogP contribution in [0.5, 0.6) is 0 Å². The molecule has 4 heteroatoms. The minimum atomic E-state index is -1.24. The summed E-state index contributed by atoms with van der Waals surface area (Å²) in [6, 6.07) is 9.35. The second kappa shape index (κ2) is 5.68. The van der Waals surface area contributed by atoms with E-state index in [1.807, 2.05) is 0 Å². The van der Waals surface area contributed by atoms with Crippen LogP contribution in [0, 0.1) is 18.6 Å². The number of hydrogen-bond acceptors (Lipinski definition) is 1. The second-order valence-electron chi connectivity index (χ2n) is 4.44. The van der Waals surface area contributed by atoms with Gasteiger partial charge in [-0.1, -0.05) is 29.8 Å². The van der Waals surface area contributed by atoms with E-state index in [4.69, 9.17) is 11.6 Å². The fraction of sp³-hybridized carbons (Fsp3) is 0.200. The van der Waals surface area contributed by atoms with E-state index in [0.29, 0.717) is 10.6 Å². The average Bonchev–Trinajstić information content (AvgIpc) is 2.34. The minimum absolute atomic E-state index is 0.109. The van der Waals surface area contributed by atoms with Gasteiger partial charge in [0, 0.05) is 11.4 Å². The topological polar surface area (TPSA) is 20.2 Å². The molecule has 0 aromatic heterocycles. The molecular formula is C15H13ClF2O. The monoisotopic (exact) mass is 282 g/mol. The van der Waals surface area contributed by atoms with E-state index in [9.17, 15) is 13.9 Å². The fourth-order valence-corrected chi connectivity index (χ4v) is 2.19. The highest BCUT2D eigenvalue weighted by Gasteiger charge is 2.19. The molecule has 0 fully saturated rings. The Kier molecular flexibility index (Phi) is 4.17. The van der Waals surface area contributed by atoms with E-state index >= 15 is 0 Å². The predicted molar refractivity (Wildman–Crippen MR) is 71.2 cm³/mol. The zero-order valence-electron chi connectivity index (χ0n) is 10.3. The lowest BCUT2D eigenvalue weighted by Crippen LogP contribution is -2.08. The van der Waals surface area contributed by atoms with Crippen LogP contribution in [0.15, 0.2) is 36.4 Å². The smallest absolute Gasteiger partial charge is 0.134 e. The van der Waals surface area contributed by atoms with Crippen molar-refractivity contribution >= 4 is 11.6 Å². The first-order chi connectivity index (χ1) is 8.99. The predicted octanol–water partition coefficient (Wildman–Crippen LogP) is 4.20. The average molecular weight is 283 g/mol. The lowest BCUT2D eigenvalue weighted by Gasteiger charge is -2.14. The summed E-state index contributed by atoms with van der Waals surface area (Å²) in [5.74, 6) is -1.44. The Morgan fingerprint density at radius 3 is 2.63 bits per heavy atom. The third kappa shape index (κ3) is 3.11. The van der Waals surface area contributed by atoms with E-state index in [0.717, 1.165) is 11.6 Å². The van der Waals surface area contributed by atoms with Gasteiger partial charge in [0.2, 0.25) is 0 Å². The third-order valence-electron chi connectivity index (χ3n) is 2.97. The van der Waals surface area contributed by atoms with Crippen LogP contribution >= 0.6 is 11.6 Å². The van der Waals surface area contributed by atoms with Crippen LogP contribution in [0.2, 0.25) is 5.02 Å². The van der Waals surface area contributed by atoms with Crippen molar-refractivity contribution in [3.63, 3.8) is 0 Å². The Morgan fingerprint density at radius 2 is 1.95 bits per heavy atom. The van der Waals surface area contributed by atoms with Crippen LogP contribution in [0.3, 0.4) is 0 Å². The van der Waals surface area contributed by atoms with E-state index in [2.05, 4.69) is 0 Å². The van der Waals surface area contributed by atoms with Crippen molar-refractivity contribution in [1.82, 2.24) is 0 Å². The zero-order chi connectivity index (χ0) is 14.0. The van der Waals surface area contributed by atoms with Crippen molar-refractivity contribution in [2.75, 3.05) is 0 Å². The van der Waals surface area contributed by atoms with Gasteiger partial charge in [-0.05, 0) is 36.2 Å². The summed E-state index contributed by atoms with van der Waals surface area (Å²) in [5, 5.41) is 10.6. The standard InChI is InChI=1S/C15H13ClF2O/c1-9-5-6-12(17)14(15(9)18)13(19)8-10-3-2-4-11(16)7-10/h2-7,13,19H,8H2,1H3. The molecule has 0 radical (unpaired) electrons. The molecule has 2 aromatic rings. The van der Waals surface area contributed by atoms with Crippen LogP contribution in [-0.2, 0) is 6.42 Å². The fourth-order valence-electron chi connectivity index (χ4n) is 1.97. The van der Waals surface area contributed by atoms with Gasteiger partial charge in [0.05, 0.1) is 11.7 Å². The summed E-state index contributed by atoms with van der Waals surface area (Å²) < 4.78 is 27.5. The molecule has 0 aliphatic heterocycles. The normalized spacial score (nSPS) is 12.5. The minimum Gasteiger partial charge on any atom is -0.388 e. The summed E-state index contributed by atoms with van der Waals surface area (Å²) >= 11 is 5.83. The molecule has 0 aliphatic carbocycles. The highest BCUT2D eigenvalue weighted by atomic mass is 35.5. The molecule has 0 saturated carbocycles. The van der Waals surface area contributed by atoms with Gasteiger partial charge in [-0.25, -0.2) is 8.78 Å². The van der Waals surface area contributed by atoms with Crippen molar-refractivity contribution in [3.05, 3.63) is 69.7 Å². The largest absolute Gasteiger partial charge is 0.388 e. The van der Waals surface area contributed by atoms with Gasteiger partial charge < -0.3 is 5.11 Å². The van der Waals surface area contributed by atoms with Gasteiger partial charge in [0.15, 0.2) is 0 Å². The Bertz CT molecular complexity index is 599. The van der Waals surface area contributed by atoms with Gasteiger partial charge in [0.1, 0.15) is 11.6 Å². The van der Waals surface area contributed by atoms with Crippen molar-refractivity contribution in [3.8, 4) is 0 Å². The number of halogens is 3. The number of benzene rings is 2. The Morgan fingerprint density at radius 1 is 1.21 bits per heavy atom. The molecular weight excluding hydrogens is 270 g/mol. The molecule has 0 amide bonds. The number of aliphatic hydroxyl groups excluding tert-OH is 1. The quantitative estimate of drug-likeness (QED) is 0.894. The maximum absolute atomic E-state index is 13.9. The molecule has 1 atom stereocenters. The van der Waals surface area contributed by atoms with Crippen LogP contribution in [0.1, 0.15) is 22.8 Å². The van der Waals surface area contributed by atoms with Crippen LogP contribution in [-0.4, -0.2) is 5.11 Å². The van der Waals surface area contributed by atoms with Gasteiger partial charge in [-0.2, -0.15) is 0 Å². The molecule has 19 heavy (non-hydrogen) atoms. The Hall–Kier alpha value is -1.45. The molecule has 0 heterocycles. The number of aliphatic hydroxyl groups is 1. The van der Waals surface area contributed by atoms with Crippen molar-refractivity contribution in [2.24, 2.45) is 0 Å². The van der Waals surface area contributed by atoms with Gasteiger partial charge in [-0.3, -0.25) is 0 Å². The molecule has 2 rings (SSSR count). The number of rotatable bonds is 3. The Labute approximate surface area is 115 Å². The molecule has 0 saturated heterocycles. The van der Waals surface area contributed by atoms with E-state index in [1.54, 1.807) is 24.3 Å². The van der Waals surface area contributed by atoms with E-state index < -0.39 is 17.7 Å². The van der Waals surface area contributed by atoms with Crippen LogP contribution < -0.4 is 0 Å². The maximum atomic E-state index is 13.9. The van der Waals surface area contributed by atoms with Crippen molar-refractivity contribution < 1.29 is 13.9 Å². The van der Waals surface area contributed by atoms with E-state index in [-0.39, 0.29) is 12.0 Å². The SMILES string of the molecule is Cc1ccc(F)c(C(O)Cc2cccc(Cl)c2)c1F. The Balaban J connectivity index is 2.30. The summed E-state index contributed by atoms with van der Waals surface area (Å²) in [7, 11) is 0. The summed E-state index contributed by atoms with van der Waals surface area (Å²) in [6.45, 7) is 1.53. The highest BCUT2D eigenvalue weighted by molar-refractivity contribution is 6.30. The third-order valence-corrected chi connectivity index (χ3v) is 3.21. The molecule has 1 N–H and O–H groups in total. The molecule has 2 aromatic carbocycles. The van der Waals surface area contributed by atoms with Crippen molar-refractivity contribution in [1.29, 1.82) is 0 Å². The molecule has 0 aliphatic rings.